The van der Waals surface area contributed by atoms with Gasteiger partial charge in [-0.3, -0.25) is 4.79 Å². The lowest BCUT2D eigenvalue weighted by molar-refractivity contribution is -0.133. The second kappa shape index (κ2) is 6.58. The maximum absolute atomic E-state index is 10.5. The smallest absolute Gasteiger partial charge is 0.313 e. The highest BCUT2D eigenvalue weighted by atomic mass is 32.2. The molecule has 0 spiro atoms. The topological polar surface area (TPSA) is 85.5 Å². The molecule has 0 atom stereocenters. The normalized spacial score (nSPS) is 26.6. The van der Waals surface area contributed by atoms with Crippen LogP contribution in [0.5, 0.6) is 0 Å². The molecule has 1 aromatic heterocycles. The largest absolute Gasteiger partial charge is 0.481 e. The van der Waals surface area contributed by atoms with Gasteiger partial charge in [0.15, 0.2) is 0 Å². The number of methoxy groups -OCH3 is 1. The van der Waals surface area contributed by atoms with E-state index in [1.165, 1.54) is 11.8 Å². The van der Waals surface area contributed by atoms with Gasteiger partial charge in [-0.2, -0.15) is 4.98 Å². The van der Waals surface area contributed by atoms with E-state index in [0.29, 0.717) is 23.4 Å². The van der Waals surface area contributed by atoms with Gasteiger partial charge < -0.3 is 14.4 Å². The molecule has 1 aliphatic rings. The summed E-state index contributed by atoms with van der Waals surface area (Å²) in [6, 6.07) is 0. The number of carboxylic acid groups (broad SMARTS) is 1. The number of nitrogens with zero attached hydrogens (tertiary/aromatic N) is 2. The fraction of sp³-hybridized carbons (Fsp3) is 0.769. The van der Waals surface area contributed by atoms with Gasteiger partial charge in [-0.15, -0.1) is 11.8 Å². The third-order valence-corrected chi connectivity index (χ3v) is 4.70. The molecule has 2 rings (SSSR count). The summed E-state index contributed by atoms with van der Waals surface area (Å²) < 4.78 is 10.9. The standard InChI is InChI=1S/C13H20N2O4S/c1-9-3-5-13(18-2,6-4-9)12-14-10(19-15-12)7-20-8-11(16)17/h9H,3-8H2,1-2H3,(H,16,17). The molecule has 0 unspecified atom stereocenters. The molecule has 0 aromatic carbocycles. The number of carbonyl (C=O) groups is 1. The lowest BCUT2D eigenvalue weighted by Gasteiger charge is -2.35. The summed E-state index contributed by atoms with van der Waals surface area (Å²) >= 11 is 1.24. The van der Waals surface area contributed by atoms with E-state index in [0.717, 1.165) is 25.7 Å². The minimum atomic E-state index is -0.843. The number of carboxylic acids is 1. The molecule has 0 amide bonds. The van der Waals surface area contributed by atoms with Crippen LogP contribution in [0.4, 0.5) is 0 Å². The van der Waals surface area contributed by atoms with Gasteiger partial charge in [0.05, 0.1) is 11.5 Å². The van der Waals surface area contributed by atoms with Crippen LogP contribution in [-0.2, 0) is 20.9 Å². The lowest BCUT2D eigenvalue weighted by atomic mass is 9.79. The predicted molar refractivity (Wildman–Crippen MR) is 74.4 cm³/mol. The zero-order valence-electron chi connectivity index (χ0n) is 11.8. The first kappa shape index (κ1) is 15.3. The van der Waals surface area contributed by atoms with Crippen molar-refractivity contribution in [1.82, 2.24) is 10.1 Å². The second-order valence-corrected chi connectivity index (χ2v) is 6.26. The van der Waals surface area contributed by atoms with E-state index in [4.69, 9.17) is 14.4 Å². The van der Waals surface area contributed by atoms with Gasteiger partial charge in [0, 0.05) is 7.11 Å². The van der Waals surface area contributed by atoms with Crippen LogP contribution in [-0.4, -0.2) is 34.1 Å². The number of aliphatic carboxylic acids is 1. The van der Waals surface area contributed by atoms with E-state index in [1.807, 2.05) is 0 Å². The summed E-state index contributed by atoms with van der Waals surface area (Å²) in [5, 5.41) is 12.6. The molecule has 20 heavy (non-hydrogen) atoms. The van der Waals surface area contributed by atoms with E-state index in [2.05, 4.69) is 17.1 Å². The van der Waals surface area contributed by atoms with Crippen molar-refractivity contribution in [3.05, 3.63) is 11.7 Å². The quantitative estimate of drug-likeness (QED) is 0.863. The van der Waals surface area contributed by atoms with Crippen molar-refractivity contribution in [3.8, 4) is 0 Å². The number of aromatic nitrogens is 2. The average molecular weight is 300 g/mol. The third-order valence-electron chi connectivity index (χ3n) is 3.80. The molecule has 1 fully saturated rings. The van der Waals surface area contributed by atoms with Crippen molar-refractivity contribution in [2.45, 2.75) is 44.0 Å². The molecular formula is C13H20N2O4S. The minimum Gasteiger partial charge on any atom is -0.481 e. The fourth-order valence-electron chi connectivity index (χ4n) is 2.47. The van der Waals surface area contributed by atoms with Crippen LogP contribution in [0.1, 0.15) is 44.3 Å². The Morgan fingerprint density at radius 1 is 1.55 bits per heavy atom. The maximum atomic E-state index is 10.5. The summed E-state index contributed by atoms with van der Waals surface area (Å²) in [4.78, 5) is 14.8. The summed E-state index contributed by atoms with van der Waals surface area (Å²) in [7, 11) is 1.69. The van der Waals surface area contributed by atoms with Crippen LogP contribution in [0.25, 0.3) is 0 Å². The first-order valence-corrected chi connectivity index (χ1v) is 7.89. The summed E-state index contributed by atoms with van der Waals surface area (Å²) in [5.74, 6) is 1.36. The van der Waals surface area contributed by atoms with Gasteiger partial charge in [0.25, 0.3) is 0 Å². The van der Waals surface area contributed by atoms with E-state index < -0.39 is 11.6 Å². The first-order valence-electron chi connectivity index (χ1n) is 6.73. The van der Waals surface area contributed by atoms with Gasteiger partial charge in [0.2, 0.25) is 11.7 Å². The highest BCUT2D eigenvalue weighted by Crippen LogP contribution is 2.40. The Balaban J connectivity index is 2.01. The van der Waals surface area contributed by atoms with Crippen molar-refractivity contribution in [3.63, 3.8) is 0 Å². The average Bonchev–Trinajstić information content (AvgIpc) is 2.89. The van der Waals surface area contributed by atoms with E-state index in [1.54, 1.807) is 7.11 Å². The monoisotopic (exact) mass is 300 g/mol. The Morgan fingerprint density at radius 2 is 2.25 bits per heavy atom. The molecule has 1 heterocycles. The molecule has 1 N–H and O–H groups in total. The van der Waals surface area contributed by atoms with Crippen LogP contribution in [0, 0.1) is 5.92 Å². The molecular weight excluding hydrogens is 280 g/mol. The van der Waals surface area contributed by atoms with Crippen LogP contribution >= 0.6 is 11.8 Å². The Morgan fingerprint density at radius 3 is 2.85 bits per heavy atom. The van der Waals surface area contributed by atoms with Crippen molar-refractivity contribution in [1.29, 1.82) is 0 Å². The highest BCUT2D eigenvalue weighted by molar-refractivity contribution is 7.99. The van der Waals surface area contributed by atoms with Crippen LogP contribution < -0.4 is 0 Å². The summed E-state index contributed by atoms with van der Waals surface area (Å²) in [6.07, 6.45) is 3.97. The molecule has 7 heteroatoms. The molecule has 0 radical (unpaired) electrons. The van der Waals surface area contributed by atoms with Gasteiger partial charge >= 0.3 is 5.97 Å². The van der Waals surface area contributed by atoms with Crippen molar-refractivity contribution in [2.75, 3.05) is 12.9 Å². The predicted octanol–water partition coefficient (Wildman–Crippen LogP) is 2.44. The van der Waals surface area contributed by atoms with Gasteiger partial charge in [-0.1, -0.05) is 12.1 Å². The molecule has 1 aliphatic carbocycles. The van der Waals surface area contributed by atoms with E-state index in [-0.39, 0.29) is 5.75 Å². The van der Waals surface area contributed by atoms with E-state index >= 15 is 0 Å². The number of hydrogen-bond donors (Lipinski definition) is 1. The fourth-order valence-corrected chi connectivity index (χ4v) is 3.04. The molecule has 112 valence electrons. The zero-order valence-corrected chi connectivity index (χ0v) is 12.6. The highest BCUT2D eigenvalue weighted by Gasteiger charge is 2.40. The Kier molecular flexibility index (Phi) is 5.04. The lowest BCUT2D eigenvalue weighted by Crippen LogP contribution is -2.34. The number of ether oxygens (including phenoxy) is 1. The first-order chi connectivity index (χ1) is 9.55. The van der Waals surface area contributed by atoms with E-state index in [9.17, 15) is 4.79 Å². The zero-order chi connectivity index (χ0) is 14.6. The molecule has 6 nitrogen and oxygen atoms in total. The number of rotatable bonds is 6. The van der Waals surface area contributed by atoms with Gasteiger partial charge in [-0.05, 0) is 31.6 Å². The van der Waals surface area contributed by atoms with Gasteiger partial charge in [0.1, 0.15) is 5.60 Å². The van der Waals surface area contributed by atoms with Crippen LogP contribution in [0.2, 0.25) is 0 Å². The Labute approximate surface area is 122 Å². The van der Waals surface area contributed by atoms with Gasteiger partial charge in [-0.25, -0.2) is 0 Å². The number of thioether (sulfide) groups is 1. The minimum absolute atomic E-state index is 0.0324. The molecule has 0 aliphatic heterocycles. The third kappa shape index (κ3) is 3.52. The van der Waals surface area contributed by atoms with Crippen LogP contribution in [0.3, 0.4) is 0 Å². The summed E-state index contributed by atoms with van der Waals surface area (Å²) in [6.45, 7) is 2.24. The Hall–Kier alpha value is -1.08. The molecule has 0 bridgehead atoms. The van der Waals surface area contributed by atoms with Crippen LogP contribution in [0.15, 0.2) is 4.52 Å². The SMILES string of the molecule is COC1(c2noc(CSCC(=O)O)n2)CCC(C)CC1. The molecule has 0 saturated heterocycles. The van der Waals surface area contributed by atoms with Crippen molar-refractivity contribution in [2.24, 2.45) is 5.92 Å². The maximum Gasteiger partial charge on any atom is 0.313 e. The second-order valence-electron chi connectivity index (χ2n) is 5.28. The van der Waals surface area contributed by atoms with Crippen molar-refractivity contribution < 1.29 is 19.2 Å². The Bertz CT molecular complexity index is 455. The number of hydrogen-bond acceptors (Lipinski definition) is 6. The molecule has 1 aromatic rings. The molecule has 1 saturated carbocycles. The van der Waals surface area contributed by atoms with Crippen molar-refractivity contribution >= 4 is 17.7 Å². The summed E-state index contributed by atoms with van der Waals surface area (Å²) in [5.41, 5.74) is -0.439.